The minimum Gasteiger partial charge on any atom is -0.457 e. The fourth-order valence-electron chi connectivity index (χ4n) is 1.39. The van der Waals surface area contributed by atoms with Gasteiger partial charge in [0.2, 0.25) is 0 Å². The number of cyclic esters (lactones) is 1. The molecule has 0 amide bonds. The molecule has 14 heavy (non-hydrogen) atoms. The van der Waals surface area contributed by atoms with E-state index in [1.807, 2.05) is 12.1 Å². The molecule has 0 fully saturated rings. The summed E-state index contributed by atoms with van der Waals surface area (Å²) in [7, 11) is 0. The second kappa shape index (κ2) is 3.35. The number of carbonyl (C=O) groups is 1. The van der Waals surface area contributed by atoms with Gasteiger partial charge in [-0.1, -0.05) is 6.07 Å². The molecule has 0 N–H and O–H groups in total. The summed E-state index contributed by atoms with van der Waals surface area (Å²) in [5, 5.41) is 8.35. The first-order valence-corrected chi connectivity index (χ1v) is 4.17. The summed E-state index contributed by atoms with van der Waals surface area (Å²) >= 11 is 0. The molecule has 68 valence electrons. The molecule has 1 aliphatic heterocycles. The number of ether oxygens (including phenoxy) is 1. The van der Waals surface area contributed by atoms with Crippen LogP contribution in [0.3, 0.4) is 0 Å². The highest BCUT2D eigenvalue weighted by molar-refractivity contribution is 5.93. The molecule has 1 aliphatic rings. The molecule has 0 saturated carbocycles. The Bertz CT molecular complexity index is 455. The van der Waals surface area contributed by atoms with Crippen molar-refractivity contribution in [2.45, 2.75) is 6.61 Å². The Morgan fingerprint density at radius 2 is 2.36 bits per heavy atom. The highest BCUT2D eigenvalue weighted by Gasteiger charge is 2.20. The molecular formula is C11H7NO2. The molecule has 0 aromatic heterocycles. The monoisotopic (exact) mass is 185 g/mol. The number of nitrogens with zero attached hydrogens (tertiary/aromatic N) is 1. The first-order valence-electron chi connectivity index (χ1n) is 4.17. The number of allylic oxidation sites excluding steroid dienone is 1. The minimum atomic E-state index is -0.268. The van der Waals surface area contributed by atoms with Crippen molar-refractivity contribution in [2.75, 3.05) is 0 Å². The third kappa shape index (κ3) is 1.38. The van der Waals surface area contributed by atoms with E-state index in [-0.39, 0.29) is 5.97 Å². The lowest BCUT2D eigenvalue weighted by Gasteiger charge is -1.95. The van der Waals surface area contributed by atoms with Crippen LogP contribution in [0.5, 0.6) is 0 Å². The van der Waals surface area contributed by atoms with Crippen molar-refractivity contribution in [1.82, 2.24) is 0 Å². The zero-order valence-corrected chi connectivity index (χ0v) is 7.36. The number of nitriles is 1. The topological polar surface area (TPSA) is 50.1 Å². The number of fused-ring (bicyclic) bond motifs is 1. The van der Waals surface area contributed by atoms with Gasteiger partial charge in [-0.15, -0.1) is 0 Å². The largest absolute Gasteiger partial charge is 0.457 e. The van der Waals surface area contributed by atoms with E-state index in [1.165, 1.54) is 6.08 Å². The van der Waals surface area contributed by atoms with E-state index in [0.29, 0.717) is 12.2 Å². The molecule has 0 bridgehead atoms. The average Bonchev–Trinajstić information content (AvgIpc) is 2.57. The molecule has 0 aliphatic carbocycles. The van der Waals surface area contributed by atoms with Gasteiger partial charge < -0.3 is 4.74 Å². The standard InChI is InChI=1S/C11H7NO2/c12-5-1-2-8-3-4-10-9(6-8)7-14-11(10)13/h1-4,6H,7H2. The van der Waals surface area contributed by atoms with Crippen molar-refractivity contribution >= 4 is 12.0 Å². The van der Waals surface area contributed by atoms with Gasteiger partial charge in [-0.25, -0.2) is 4.79 Å². The first-order chi connectivity index (χ1) is 6.81. The van der Waals surface area contributed by atoms with Crippen LogP contribution in [-0.2, 0) is 11.3 Å². The van der Waals surface area contributed by atoms with Crippen molar-refractivity contribution in [3.63, 3.8) is 0 Å². The Kier molecular flexibility index (Phi) is 2.04. The van der Waals surface area contributed by atoms with E-state index in [2.05, 4.69) is 0 Å². The Morgan fingerprint density at radius 3 is 3.14 bits per heavy atom. The first kappa shape index (κ1) is 8.52. The van der Waals surface area contributed by atoms with Crippen LogP contribution in [0.25, 0.3) is 6.08 Å². The lowest BCUT2D eigenvalue weighted by molar-refractivity contribution is 0.0535. The molecule has 0 radical (unpaired) electrons. The maximum atomic E-state index is 11.1. The van der Waals surface area contributed by atoms with Gasteiger partial charge in [-0.05, 0) is 23.8 Å². The third-order valence-electron chi connectivity index (χ3n) is 2.06. The van der Waals surface area contributed by atoms with Gasteiger partial charge in [-0.3, -0.25) is 0 Å². The molecule has 1 aromatic carbocycles. The number of carbonyl (C=O) groups excluding carboxylic acids is 1. The van der Waals surface area contributed by atoms with E-state index in [1.54, 1.807) is 18.2 Å². The molecular weight excluding hydrogens is 178 g/mol. The van der Waals surface area contributed by atoms with Gasteiger partial charge in [0, 0.05) is 11.6 Å². The number of rotatable bonds is 1. The Balaban J connectivity index is 2.38. The zero-order chi connectivity index (χ0) is 9.97. The highest BCUT2D eigenvalue weighted by atomic mass is 16.5. The number of benzene rings is 1. The van der Waals surface area contributed by atoms with Gasteiger partial charge >= 0.3 is 5.97 Å². The summed E-state index contributed by atoms with van der Waals surface area (Å²) < 4.78 is 4.85. The molecule has 1 aromatic rings. The van der Waals surface area contributed by atoms with E-state index in [9.17, 15) is 4.79 Å². The van der Waals surface area contributed by atoms with E-state index < -0.39 is 0 Å². The van der Waals surface area contributed by atoms with E-state index in [4.69, 9.17) is 10.00 Å². The zero-order valence-electron chi connectivity index (χ0n) is 7.36. The fraction of sp³-hybridized carbons (Fsp3) is 0.0909. The van der Waals surface area contributed by atoms with Crippen molar-refractivity contribution in [2.24, 2.45) is 0 Å². The van der Waals surface area contributed by atoms with Gasteiger partial charge in [0.1, 0.15) is 6.61 Å². The number of hydrogen-bond acceptors (Lipinski definition) is 3. The highest BCUT2D eigenvalue weighted by Crippen LogP contribution is 2.21. The molecule has 0 saturated heterocycles. The summed E-state index contributed by atoms with van der Waals surface area (Å²) in [5.41, 5.74) is 2.41. The summed E-state index contributed by atoms with van der Waals surface area (Å²) in [4.78, 5) is 11.1. The predicted molar refractivity (Wildman–Crippen MR) is 50.2 cm³/mol. The second-order valence-electron chi connectivity index (χ2n) is 2.96. The van der Waals surface area contributed by atoms with Gasteiger partial charge in [-0.2, -0.15) is 5.26 Å². The molecule has 3 nitrogen and oxygen atoms in total. The predicted octanol–water partition coefficient (Wildman–Crippen LogP) is 1.89. The molecule has 0 spiro atoms. The van der Waals surface area contributed by atoms with E-state index in [0.717, 1.165) is 11.1 Å². The van der Waals surface area contributed by atoms with Crippen molar-refractivity contribution in [1.29, 1.82) is 5.26 Å². The van der Waals surface area contributed by atoms with Crippen LogP contribution in [0.2, 0.25) is 0 Å². The Morgan fingerprint density at radius 1 is 1.50 bits per heavy atom. The third-order valence-corrected chi connectivity index (χ3v) is 2.06. The second-order valence-corrected chi connectivity index (χ2v) is 2.96. The van der Waals surface area contributed by atoms with Crippen LogP contribution in [-0.4, -0.2) is 5.97 Å². The molecule has 2 rings (SSSR count). The number of hydrogen-bond donors (Lipinski definition) is 0. The fourth-order valence-corrected chi connectivity index (χ4v) is 1.39. The molecule has 1 heterocycles. The van der Waals surface area contributed by atoms with Gasteiger partial charge in [0.15, 0.2) is 0 Å². The summed E-state index contributed by atoms with van der Waals surface area (Å²) in [6.45, 7) is 0.336. The normalized spacial score (nSPS) is 13.8. The number of esters is 1. The van der Waals surface area contributed by atoms with Gasteiger partial charge in [0.25, 0.3) is 0 Å². The Labute approximate surface area is 81.2 Å². The van der Waals surface area contributed by atoms with Crippen LogP contribution in [0.15, 0.2) is 24.3 Å². The maximum Gasteiger partial charge on any atom is 0.338 e. The summed E-state index contributed by atoms with van der Waals surface area (Å²) in [5.74, 6) is -0.268. The quantitative estimate of drug-likeness (QED) is 0.496. The summed E-state index contributed by atoms with van der Waals surface area (Å²) in [6.07, 6.45) is 3.10. The lowest BCUT2D eigenvalue weighted by atomic mass is 10.1. The van der Waals surface area contributed by atoms with E-state index >= 15 is 0 Å². The van der Waals surface area contributed by atoms with Crippen molar-refractivity contribution < 1.29 is 9.53 Å². The summed E-state index contributed by atoms with van der Waals surface area (Å²) in [6, 6.07) is 7.28. The minimum absolute atomic E-state index is 0.268. The van der Waals surface area contributed by atoms with Crippen LogP contribution < -0.4 is 0 Å². The molecule has 0 unspecified atom stereocenters. The van der Waals surface area contributed by atoms with Crippen LogP contribution in [0.4, 0.5) is 0 Å². The average molecular weight is 185 g/mol. The maximum absolute atomic E-state index is 11.1. The molecule has 0 atom stereocenters. The van der Waals surface area contributed by atoms with Crippen LogP contribution >= 0.6 is 0 Å². The SMILES string of the molecule is N#CC=Cc1ccc2c(c1)COC2=O. The smallest absolute Gasteiger partial charge is 0.338 e. The van der Waals surface area contributed by atoms with Crippen LogP contribution in [0, 0.1) is 11.3 Å². The molecule has 3 heteroatoms. The Hall–Kier alpha value is -2.08. The lowest BCUT2D eigenvalue weighted by Crippen LogP contribution is -1.92. The van der Waals surface area contributed by atoms with Crippen molar-refractivity contribution in [3.8, 4) is 6.07 Å². The van der Waals surface area contributed by atoms with Crippen LogP contribution in [0.1, 0.15) is 21.5 Å². The van der Waals surface area contributed by atoms with Crippen molar-refractivity contribution in [3.05, 3.63) is 41.0 Å². The van der Waals surface area contributed by atoms with Gasteiger partial charge in [0.05, 0.1) is 11.6 Å².